The van der Waals surface area contributed by atoms with Crippen molar-refractivity contribution in [3.8, 4) is 0 Å². The highest BCUT2D eigenvalue weighted by Gasteiger charge is 2.30. The normalized spacial score (nSPS) is 13.9. The molecule has 0 fully saturated rings. The fourth-order valence-electron chi connectivity index (χ4n) is 3.05. The monoisotopic (exact) mass is 525 g/mol. The van der Waals surface area contributed by atoms with Gasteiger partial charge in [0.1, 0.15) is 18.1 Å². The number of aliphatic carboxylic acids is 2. The number of hydrogen-bond acceptors (Lipinski definition) is 8. The number of hydrogen-bond donors (Lipinski definition) is 8. The number of nitrogens with two attached hydrogens (primary N) is 2. The van der Waals surface area contributed by atoms with Crippen LogP contribution in [0.3, 0.4) is 0 Å². The molecule has 0 aliphatic carbocycles. The van der Waals surface area contributed by atoms with Gasteiger partial charge in [0.15, 0.2) is 0 Å². The summed E-state index contributed by atoms with van der Waals surface area (Å²) in [6.07, 6.45) is -1.47. The lowest BCUT2D eigenvalue weighted by Crippen LogP contribution is -2.57. The zero-order valence-corrected chi connectivity index (χ0v) is 20.3. The van der Waals surface area contributed by atoms with Gasteiger partial charge in [0.2, 0.25) is 23.6 Å². The van der Waals surface area contributed by atoms with E-state index in [1.165, 1.54) is 0 Å². The summed E-state index contributed by atoms with van der Waals surface area (Å²) in [6.45, 7) is 0. The van der Waals surface area contributed by atoms with Gasteiger partial charge in [0.25, 0.3) is 0 Å². The van der Waals surface area contributed by atoms with Crippen LogP contribution < -0.4 is 27.4 Å². The number of thiol groups is 1. The van der Waals surface area contributed by atoms with Crippen LogP contribution >= 0.6 is 12.6 Å². The van der Waals surface area contributed by atoms with Gasteiger partial charge in [-0.15, -0.1) is 0 Å². The number of carbonyl (C=O) groups is 6. The molecule has 4 atom stereocenters. The second-order valence-electron chi connectivity index (χ2n) is 7.94. The lowest BCUT2D eigenvalue weighted by molar-refractivity contribution is -0.143. The fourth-order valence-corrected chi connectivity index (χ4v) is 3.21. The molecule has 198 valence electrons. The van der Waals surface area contributed by atoms with E-state index in [1.807, 2.05) is 0 Å². The number of benzene rings is 1. The summed E-state index contributed by atoms with van der Waals surface area (Å²) in [4.78, 5) is 71.8. The summed E-state index contributed by atoms with van der Waals surface area (Å²) in [5.74, 6) is -5.90. The van der Waals surface area contributed by atoms with Gasteiger partial charge in [-0.25, -0.2) is 4.79 Å². The molecule has 0 aromatic heterocycles. The third-order valence-electron chi connectivity index (χ3n) is 5.02. The van der Waals surface area contributed by atoms with Crippen LogP contribution in [0.25, 0.3) is 0 Å². The highest BCUT2D eigenvalue weighted by molar-refractivity contribution is 7.80. The van der Waals surface area contributed by atoms with Crippen molar-refractivity contribution in [2.24, 2.45) is 11.5 Å². The van der Waals surface area contributed by atoms with Crippen LogP contribution in [0, 0.1) is 0 Å². The van der Waals surface area contributed by atoms with E-state index in [1.54, 1.807) is 30.3 Å². The van der Waals surface area contributed by atoms with Gasteiger partial charge in [0, 0.05) is 25.0 Å². The van der Waals surface area contributed by atoms with Crippen molar-refractivity contribution in [2.45, 2.75) is 56.3 Å². The zero-order valence-electron chi connectivity index (χ0n) is 19.4. The molecule has 36 heavy (non-hydrogen) atoms. The molecule has 0 radical (unpaired) electrons. The fraction of sp³-hybridized carbons (Fsp3) is 0.455. The molecule has 4 amide bonds. The predicted octanol–water partition coefficient (Wildman–Crippen LogP) is -1.84. The van der Waals surface area contributed by atoms with Crippen molar-refractivity contribution in [1.82, 2.24) is 16.0 Å². The quantitative estimate of drug-likeness (QED) is 0.113. The molecule has 0 heterocycles. The molecule has 0 spiro atoms. The van der Waals surface area contributed by atoms with Gasteiger partial charge < -0.3 is 37.6 Å². The first kappa shape index (κ1) is 30.4. The summed E-state index contributed by atoms with van der Waals surface area (Å²) in [6, 6.07) is 3.52. The van der Waals surface area contributed by atoms with E-state index in [0.717, 1.165) is 0 Å². The maximum atomic E-state index is 13.1. The smallest absolute Gasteiger partial charge is 0.326 e. The predicted molar refractivity (Wildman–Crippen MR) is 131 cm³/mol. The first-order valence-corrected chi connectivity index (χ1v) is 11.6. The van der Waals surface area contributed by atoms with E-state index in [9.17, 15) is 33.9 Å². The molecule has 1 rings (SSSR count). The van der Waals surface area contributed by atoms with E-state index >= 15 is 0 Å². The van der Waals surface area contributed by atoms with Crippen LogP contribution in [0.4, 0.5) is 0 Å². The topological polar surface area (TPSA) is 231 Å². The van der Waals surface area contributed by atoms with Gasteiger partial charge >= 0.3 is 11.9 Å². The lowest BCUT2D eigenvalue weighted by atomic mass is 10.0. The van der Waals surface area contributed by atoms with Crippen LogP contribution in [0.1, 0.15) is 31.2 Å². The van der Waals surface area contributed by atoms with E-state index in [4.69, 9.17) is 16.6 Å². The molecule has 1 aromatic rings. The minimum atomic E-state index is -1.50. The largest absolute Gasteiger partial charge is 0.481 e. The Bertz CT molecular complexity index is 946. The minimum Gasteiger partial charge on any atom is -0.481 e. The number of carbonyl (C=O) groups excluding carboxylic acids is 4. The van der Waals surface area contributed by atoms with Gasteiger partial charge in [-0.1, -0.05) is 30.3 Å². The molecule has 9 N–H and O–H groups in total. The van der Waals surface area contributed by atoms with Gasteiger partial charge in [-0.05, 0) is 18.4 Å². The van der Waals surface area contributed by atoms with Crippen molar-refractivity contribution in [3.63, 3.8) is 0 Å². The summed E-state index contributed by atoms with van der Waals surface area (Å²) in [7, 11) is 0. The van der Waals surface area contributed by atoms with Gasteiger partial charge in [0.05, 0.1) is 6.04 Å². The number of carboxylic acids is 2. The Kier molecular flexibility index (Phi) is 13.0. The van der Waals surface area contributed by atoms with E-state index in [0.29, 0.717) is 5.56 Å². The van der Waals surface area contributed by atoms with Crippen LogP contribution in [0.15, 0.2) is 30.3 Å². The third kappa shape index (κ3) is 11.2. The summed E-state index contributed by atoms with van der Waals surface area (Å²) in [5, 5.41) is 25.4. The van der Waals surface area contributed by atoms with E-state index in [2.05, 4.69) is 28.6 Å². The highest BCUT2D eigenvalue weighted by Crippen LogP contribution is 2.07. The molecule has 0 aliphatic heterocycles. The second-order valence-corrected chi connectivity index (χ2v) is 8.30. The summed E-state index contributed by atoms with van der Waals surface area (Å²) < 4.78 is 0. The molecule has 14 heteroatoms. The summed E-state index contributed by atoms with van der Waals surface area (Å²) >= 11 is 3.96. The SMILES string of the molecule is NC(=O)CCC(NC(=O)C(CCC(=O)O)NC(=O)C(Cc1ccccc1)NC(=O)C(N)CS)C(=O)O. The number of rotatable bonds is 16. The maximum Gasteiger partial charge on any atom is 0.326 e. The van der Waals surface area contributed by atoms with Crippen LogP contribution in [0.5, 0.6) is 0 Å². The first-order chi connectivity index (χ1) is 16.9. The minimum absolute atomic E-state index is 0.0109. The van der Waals surface area contributed by atoms with E-state index in [-0.39, 0.29) is 31.4 Å². The Hall–Kier alpha value is -3.65. The zero-order chi connectivity index (χ0) is 27.3. The Labute approximate surface area is 212 Å². The van der Waals surface area contributed by atoms with Crippen molar-refractivity contribution < 1.29 is 39.0 Å². The number of nitrogens with one attached hydrogen (secondary N) is 3. The number of amides is 4. The standard InChI is InChI=1S/C22H31N5O8S/c23-13(11-36)19(31)27-16(10-12-4-2-1-3-5-12)21(33)25-14(7-9-18(29)30)20(32)26-15(22(34)35)6-8-17(24)28/h1-5,13-16,36H,6-11,23H2,(H2,24,28)(H,25,33)(H,26,32)(H,27,31)(H,29,30)(H,34,35). The van der Waals surface area contributed by atoms with Gasteiger partial charge in [-0.2, -0.15) is 12.6 Å². The Balaban J connectivity index is 3.10. The molecule has 0 bridgehead atoms. The average molecular weight is 526 g/mol. The Morgan fingerprint density at radius 2 is 1.33 bits per heavy atom. The maximum absolute atomic E-state index is 13.1. The van der Waals surface area contributed by atoms with Crippen LogP contribution in [-0.2, 0) is 35.2 Å². The average Bonchev–Trinajstić information content (AvgIpc) is 2.83. The Morgan fingerprint density at radius 3 is 1.86 bits per heavy atom. The van der Waals surface area contributed by atoms with Crippen molar-refractivity contribution in [1.29, 1.82) is 0 Å². The molecule has 1 aromatic carbocycles. The first-order valence-electron chi connectivity index (χ1n) is 11.0. The molecule has 0 aliphatic rings. The molecule has 0 saturated heterocycles. The molecule has 4 unspecified atom stereocenters. The van der Waals surface area contributed by atoms with Crippen LogP contribution in [0.2, 0.25) is 0 Å². The molecular formula is C22H31N5O8S. The van der Waals surface area contributed by atoms with Crippen molar-refractivity contribution in [2.75, 3.05) is 5.75 Å². The molecule has 0 saturated carbocycles. The highest BCUT2D eigenvalue weighted by atomic mass is 32.1. The third-order valence-corrected chi connectivity index (χ3v) is 5.42. The summed E-state index contributed by atoms with van der Waals surface area (Å²) in [5.41, 5.74) is 11.4. The van der Waals surface area contributed by atoms with Crippen LogP contribution in [-0.4, -0.2) is 75.7 Å². The number of carboxylic acid groups (broad SMARTS) is 2. The molecular weight excluding hydrogens is 494 g/mol. The number of primary amides is 1. The lowest BCUT2D eigenvalue weighted by Gasteiger charge is -2.25. The molecule has 13 nitrogen and oxygen atoms in total. The van der Waals surface area contributed by atoms with E-state index < -0.39 is 66.2 Å². The van der Waals surface area contributed by atoms with Crippen molar-refractivity contribution >= 4 is 48.2 Å². The Morgan fingerprint density at radius 1 is 0.806 bits per heavy atom. The van der Waals surface area contributed by atoms with Crippen molar-refractivity contribution in [3.05, 3.63) is 35.9 Å². The second kappa shape index (κ2) is 15.4. The van der Waals surface area contributed by atoms with Gasteiger partial charge in [-0.3, -0.25) is 24.0 Å².